The van der Waals surface area contributed by atoms with Crippen LogP contribution in [0.5, 0.6) is 5.88 Å². The highest BCUT2D eigenvalue weighted by molar-refractivity contribution is 5.76. The Morgan fingerprint density at radius 3 is 2.37 bits per heavy atom. The summed E-state index contributed by atoms with van der Waals surface area (Å²) in [4.78, 5) is 31.3. The second kappa shape index (κ2) is 11.2. The molecule has 1 fully saturated rings. The molecule has 0 saturated carbocycles. The Labute approximate surface area is 221 Å². The SMILES string of the molecule is Cc1ccccc1C1CN(C(=O)OC(C)(C)C)CCC1OC(=O)C(C)(C)COc1ncccc1C(F)(F)F. The molecule has 1 aromatic carbocycles. The van der Waals surface area contributed by atoms with Gasteiger partial charge in [-0.05, 0) is 64.8 Å². The summed E-state index contributed by atoms with van der Waals surface area (Å²) < 4.78 is 56.8. The van der Waals surface area contributed by atoms with Gasteiger partial charge in [-0.3, -0.25) is 4.79 Å². The summed E-state index contributed by atoms with van der Waals surface area (Å²) >= 11 is 0. The molecule has 1 saturated heterocycles. The third-order valence-electron chi connectivity index (χ3n) is 6.25. The first-order chi connectivity index (χ1) is 17.6. The zero-order chi connectivity index (χ0) is 28.3. The highest BCUT2D eigenvalue weighted by atomic mass is 19.4. The molecule has 2 unspecified atom stereocenters. The van der Waals surface area contributed by atoms with Gasteiger partial charge in [0.2, 0.25) is 5.88 Å². The van der Waals surface area contributed by atoms with Crippen LogP contribution < -0.4 is 4.74 Å². The molecule has 0 radical (unpaired) electrons. The predicted octanol–water partition coefficient (Wildman–Crippen LogP) is 6.15. The van der Waals surface area contributed by atoms with E-state index in [9.17, 15) is 22.8 Å². The van der Waals surface area contributed by atoms with Crippen LogP contribution in [-0.4, -0.2) is 53.3 Å². The van der Waals surface area contributed by atoms with Crippen LogP contribution in [-0.2, 0) is 20.4 Å². The summed E-state index contributed by atoms with van der Waals surface area (Å²) in [7, 11) is 0. The van der Waals surface area contributed by atoms with Gasteiger partial charge in [-0.1, -0.05) is 24.3 Å². The minimum absolute atomic E-state index is 0.289. The number of carbonyl (C=O) groups is 2. The van der Waals surface area contributed by atoms with Crippen LogP contribution in [0.3, 0.4) is 0 Å². The standard InChI is InChI=1S/C28H35F3N2O5/c1-18-10-7-8-11-19(18)20-16-33(25(35)38-26(2,3)4)15-13-22(20)37-24(34)27(5,6)17-36-23-21(28(29,30)31)12-9-14-32-23/h7-12,14,20,22H,13,15-17H2,1-6H3. The maximum Gasteiger partial charge on any atom is 0.421 e. The number of hydrogen-bond acceptors (Lipinski definition) is 6. The number of pyridine rings is 1. The van der Waals surface area contributed by atoms with Crippen molar-refractivity contribution in [3.05, 3.63) is 59.3 Å². The Bertz CT molecular complexity index is 1140. The fourth-order valence-corrected chi connectivity index (χ4v) is 4.19. The lowest BCUT2D eigenvalue weighted by Gasteiger charge is -2.40. The van der Waals surface area contributed by atoms with Gasteiger partial charge in [-0.15, -0.1) is 0 Å². The zero-order valence-electron chi connectivity index (χ0n) is 22.6. The number of alkyl halides is 3. The lowest BCUT2D eigenvalue weighted by molar-refractivity contribution is -0.164. The van der Waals surface area contributed by atoms with Gasteiger partial charge in [0.25, 0.3) is 0 Å². The number of piperidine rings is 1. The van der Waals surface area contributed by atoms with Gasteiger partial charge in [0, 0.05) is 31.6 Å². The number of ether oxygens (including phenoxy) is 3. The fraction of sp³-hybridized carbons (Fsp3) is 0.536. The van der Waals surface area contributed by atoms with Crippen molar-refractivity contribution in [1.82, 2.24) is 9.88 Å². The number of hydrogen-bond donors (Lipinski definition) is 0. The Kier molecular flexibility index (Phi) is 8.63. The highest BCUT2D eigenvalue weighted by Crippen LogP contribution is 2.36. The molecule has 10 heteroatoms. The summed E-state index contributed by atoms with van der Waals surface area (Å²) in [6, 6.07) is 9.72. The van der Waals surface area contributed by atoms with Crippen LogP contribution in [0.4, 0.5) is 18.0 Å². The predicted molar refractivity (Wildman–Crippen MR) is 135 cm³/mol. The van der Waals surface area contributed by atoms with E-state index in [1.165, 1.54) is 12.3 Å². The molecule has 1 amide bonds. The van der Waals surface area contributed by atoms with E-state index in [2.05, 4.69) is 4.98 Å². The monoisotopic (exact) mass is 536 g/mol. The molecule has 0 aliphatic carbocycles. The number of rotatable bonds is 6. The van der Waals surface area contributed by atoms with Crippen molar-refractivity contribution in [3.8, 4) is 5.88 Å². The smallest absolute Gasteiger partial charge is 0.421 e. The Hall–Kier alpha value is -3.30. The molecule has 2 atom stereocenters. The first-order valence-corrected chi connectivity index (χ1v) is 12.5. The number of nitrogens with zero attached hydrogens (tertiary/aromatic N) is 2. The second-order valence-corrected chi connectivity index (χ2v) is 11.1. The summed E-state index contributed by atoms with van der Waals surface area (Å²) in [6.07, 6.45) is -4.06. The van der Waals surface area contributed by atoms with E-state index in [1.54, 1.807) is 39.5 Å². The van der Waals surface area contributed by atoms with Gasteiger partial charge in [0.15, 0.2) is 0 Å². The van der Waals surface area contributed by atoms with Crippen molar-refractivity contribution < 1.29 is 37.0 Å². The number of benzene rings is 1. The van der Waals surface area contributed by atoms with Gasteiger partial charge in [0.1, 0.15) is 23.9 Å². The normalized spacial score (nSPS) is 18.6. The molecule has 1 aliphatic rings. The van der Waals surface area contributed by atoms with E-state index in [-0.39, 0.29) is 19.1 Å². The largest absolute Gasteiger partial charge is 0.476 e. The van der Waals surface area contributed by atoms with Crippen LogP contribution in [0.25, 0.3) is 0 Å². The fourth-order valence-electron chi connectivity index (χ4n) is 4.19. The molecule has 2 aromatic rings. The first-order valence-electron chi connectivity index (χ1n) is 12.5. The second-order valence-electron chi connectivity index (χ2n) is 11.1. The number of aromatic nitrogens is 1. The lowest BCUT2D eigenvalue weighted by atomic mass is 9.85. The van der Waals surface area contributed by atoms with Gasteiger partial charge in [0.05, 0.1) is 5.41 Å². The van der Waals surface area contributed by atoms with E-state index in [4.69, 9.17) is 14.2 Å². The van der Waals surface area contributed by atoms with Gasteiger partial charge >= 0.3 is 18.2 Å². The molecule has 1 aliphatic heterocycles. The first kappa shape index (κ1) is 29.3. The molecule has 3 rings (SSSR count). The number of amides is 1. The van der Waals surface area contributed by atoms with Crippen molar-refractivity contribution in [3.63, 3.8) is 0 Å². The average molecular weight is 537 g/mol. The molecule has 7 nitrogen and oxygen atoms in total. The number of esters is 1. The van der Waals surface area contributed by atoms with E-state index in [0.717, 1.165) is 17.2 Å². The number of aryl methyl sites for hydroxylation is 1. The van der Waals surface area contributed by atoms with Crippen LogP contribution in [0.2, 0.25) is 0 Å². The van der Waals surface area contributed by atoms with Gasteiger partial charge in [-0.25, -0.2) is 9.78 Å². The Balaban J connectivity index is 1.76. The highest BCUT2D eigenvalue weighted by Gasteiger charge is 2.41. The summed E-state index contributed by atoms with van der Waals surface area (Å²) in [5, 5.41) is 0. The number of carbonyl (C=O) groups excluding carboxylic acids is 2. The topological polar surface area (TPSA) is 78.0 Å². The molecule has 208 valence electrons. The van der Waals surface area contributed by atoms with Gasteiger partial charge in [-0.2, -0.15) is 13.2 Å². The molecule has 1 aromatic heterocycles. The van der Waals surface area contributed by atoms with Gasteiger partial charge < -0.3 is 19.1 Å². The third kappa shape index (κ3) is 7.39. The molecular formula is C28H35F3N2O5. The lowest BCUT2D eigenvalue weighted by Crippen LogP contribution is -2.49. The number of likely N-dealkylation sites (tertiary alicyclic amines) is 1. The quantitative estimate of drug-likeness (QED) is 0.412. The molecule has 38 heavy (non-hydrogen) atoms. The van der Waals surface area contributed by atoms with E-state index in [0.29, 0.717) is 13.0 Å². The maximum atomic E-state index is 13.3. The molecule has 0 spiro atoms. The number of halogens is 3. The Morgan fingerprint density at radius 1 is 1.05 bits per heavy atom. The minimum atomic E-state index is -4.64. The third-order valence-corrected chi connectivity index (χ3v) is 6.25. The average Bonchev–Trinajstić information content (AvgIpc) is 2.82. The van der Waals surface area contributed by atoms with E-state index in [1.807, 2.05) is 31.2 Å². The van der Waals surface area contributed by atoms with Crippen LogP contribution in [0, 0.1) is 12.3 Å². The van der Waals surface area contributed by atoms with Crippen molar-refractivity contribution >= 4 is 12.1 Å². The van der Waals surface area contributed by atoms with E-state index >= 15 is 0 Å². The summed E-state index contributed by atoms with van der Waals surface area (Å²) in [6.45, 7) is 10.7. The van der Waals surface area contributed by atoms with Crippen LogP contribution in [0.1, 0.15) is 63.6 Å². The molecule has 0 bridgehead atoms. The van der Waals surface area contributed by atoms with Crippen molar-refractivity contribution in [2.24, 2.45) is 5.41 Å². The zero-order valence-corrected chi connectivity index (χ0v) is 22.6. The maximum absolute atomic E-state index is 13.3. The molecule has 2 heterocycles. The molecule has 0 N–H and O–H groups in total. The minimum Gasteiger partial charge on any atom is -0.476 e. The van der Waals surface area contributed by atoms with Crippen LogP contribution >= 0.6 is 0 Å². The van der Waals surface area contributed by atoms with Crippen molar-refractivity contribution in [1.29, 1.82) is 0 Å². The molecular weight excluding hydrogens is 501 g/mol. The Morgan fingerprint density at radius 2 is 1.74 bits per heavy atom. The summed E-state index contributed by atoms with van der Waals surface area (Å²) in [5.74, 6) is -1.52. The summed E-state index contributed by atoms with van der Waals surface area (Å²) in [5.41, 5.74) is -1.00. The van der Waals surface area contributed by atoms with Crippen molar-refractivity contribution in [2.45, 2.75) is 71.8 Å². The van der Waals surface area contributed by atoms with E-state index < -0.39 is 46.8 Å². The van der Waals surface area contributed by atoms with Crippen molar-refractivity contribution in [2.75, 3.05) is 19.7 Å². The van der Waals surface area contributed by atoms with Crippen LogP contribution in [0.15, 0.2) is 42.6 Å².